The minimum absolute atomic E-state index is 0.0686. The van der Waals surface area contributed by atoms with Crippen molar-refractivity contribution in [3.63, 3.8) is 0 Å². The van der Waals surface area contributed by atoms with Gasteiger partial charge in [-0.3, -0.25) is 9.69 Å². The smallest absolute Gasteiger partial charge is 0.234 e. The van der Waals surface area contributed by atoms with E-state index >= 15 is 0 Å². The van der Waals surface area contributed by atoms with Gasteiger partial charge in [0.25, 0.3) is 0 Å². The van der Waals surface area contributed by atoms with E-state index in [2.05, 4.69) is 62.1 Å². The van der Waals surface area contributed by atoms with Gasteiger partial charge in [0.15, 0.2) is 0 Å². The lowest BCUT2D eigenvalue weighted by molar-refractivity contribution is -0.128. The highest BCUT2D eigenvalue weighted by molar-refractivity contribution is 7.99. The van der Waals surface area contributed by atoms with Crippen molar-refractivity contribution in [1.82, 2.24) is 4.90 Å². The standard InChI is InChI=1S/C28H39N3O2S/c1-28(2,3)26-22-11-7-6-10-20(22)15-24(27(30)33)31(26)16-25(32)23(29)17-34-21-13-12-18-8-4-5-9-19(18)14-21/h4-5,8-9,11-14,20,23-26,32H,6-7,10,15-17,29H2,1-3H3,(H2,30,33). The normalized spacial score (nSPS) is 25.4. The number of carbonyl (C=O) groups excluding carboxylic acids is 1. The number of nitrogens with two attached hydrogens (primary N) is 2. The molecule has 2 aliphatic rings. The monoisotopic (exact) mass is 481 g/mol. The van der Waals surface area contributed by atoms with Gasteiger partial charge in [-0.25, -0.2) is 0 Å². The summed E-state index contributed by atoms with van der Waals surface area (Å²) in [6.45, 7) is 6.98. The number of benzene rings is 2. The number of amides is 1. The van der Waals surface area contributed by atoms with E-state index in [1.165, 1.54) is 16.3 Å². The summed E-state index contributed by atoms with van der Waals surface area (Å²) in [6.07, 6.45) is 5.71. The number of β-amino-alcohol motifs (C(OH)–C–C–N with tert-alkyl or cyclic N) is 1. The molecule has 2 aromatic carbocycles. The van der Waals surface area contributed by atoms with E-state index < -0.39 is 12.1 Å². The molecule has 184 valence electrons. The van der Waals surface area contributed by atoms with E-state index in [-0.39, 0.29) is 23.4 Å². The highest BCUT2D eigenvalue weighted by Crippen LogP contribution is 2.45. The number of primary amides is 1. The van der Waals surface area contributed by atoms with Crippen LogP contribution >= 0.6 is 11.8 Å². The lowest BCUT2D eigenvalue weighted by Gasteiger charge is -2.52. The molecule has 0 saturated carbocycles. The van der Waals surface area contributed by atoms with Gasteiger partial charge in [0, 0.05) is 29.3 Å². The Bertz CT molecular complexity index is 1050. The van der Waals surface area contributed by atoms with Crippen LogP contribution in [0, 0.1) is 11.3 Å². The largest absolute Gasteiger partial charge is 0.390 e. The van der Waals surface area contributed by atoms with Crippen molar-refractivity contribution < 1.29 is 9.90 Å². The van der Waals surface area contributed by atoms with Crippen LogP contribution in [0.5, 0.6) is 0 Å². The number of fused-ring (bicyclic) bond motifs is 2. The number of piperidine rings is 1. The quantitative estimate of drug-likeness (QED) is 0.405. The number of aliphatic hydroxyl groups excluding tert-OH is 1. The summed E-state index contributed by atoms with van der Waals surface area (Å²) in [6, 6.07) is 14.0. The zero-order valence-electron chi connectivity index (χ0n) is 20.6. The Hall–Kier alpha value is -1.86. The number of allylic oxidation sites excluding steroid dienone is 1. The molecule has 0 bridgehead atoms. The molecule has 5 unspecified atom stereocenters. The van der Waals surface area contributed by atoms with Gasteiger partial charge in [-0.1, -0.05) is 62.8 Å². The van der Waals surface area contributed by atoms with E-state index in [1.54, 1.807) is 11.8 Å². The van der Waals surface area contributed by atoms with Gasteiger partial charge in [-0.15, -0.1) is 11.8 Å². The molecule has 4 rings (SSSR count). The molecule has 1 amide bonds. The second-order valence-electron chi connectivity index (χ2n) is 11.0. The maximum absolute atomic E-state index is 12.5. The molecule has 6 heteroatoms. The van der Waals surface area contributed by atoms with Crippen molar-refractivity contribution in [3.05, 3.63) is 54.1 Å². The lowest BCUT2D eigenvalue weighted by atomic mass is 9.68. The third kappa shape index (κ3) is 5.51. The Morgan fingerprint density at radius 1 is 1.21 bits per heavy atom. The van der Waals surface area contributed by atoms with Crippen molar-refractivity contribution in [2.45, 2.75) is 75.6 Å². The van der Waals surface area contributed by atoms with Crippen LogP contribution in [0.1, 0.15) is 46.5 Å². The number of nitrogens with zero attached hydrogens (tertiary/aromatic N) is 1. The summed E-state index contributed by atoms with van der Waals surface area (Å²) < 4.78 is 0. The first kappa shape index (κ1) is 25.2. The Morgan fingerprint density at radius 3 is 2.65 bits per heavy atom. The number of rotatable bonds is 7. The van der Waals surface area contributed by atoms with Crippen LogP contribution in [0.3, 0.4) is 0 Å². The molecule has 0 aromatic heterocycles. The fourth-order valence-electron chi connectivity index (χ4n) is 5.75. The Morgan fingerprint density at radius 2 is 1.94 bits per heavy atom. The number of hydrogen-bond donors (Lipinski definition) is 3. The van der Waals surface area contributed by atoms with Gasteiger partial charge < -0.3 is 16.6 Å². The van der Waals surface area contributed by atoms with Gasteiger partial charge in [0.1, 0.15) is 0 Å². The van der Waals surface area contributed by atoms with Crippen molar-refractivity contribution in [3.8, 4) is 0 Å². The molecule has 1 heterocycles. The number of likely N-dealkylation sites (tertiary alicyclic amines) is 1. The predicted molar refractivity (Wildman–Crippen MR) is 142 cm³/mol. The van der Waals surface area contributed by atoms with E-state index in [0.717, 1.165) is 30.6 Å². The van der Waals surface area contributed by atoms with Crippen molar-refractivity contribution in [2.75, 3.05) is 12.3 Å². The molecule has 1 aliphatic carbocycles. The molecule has 2 aromatic rings. The molecular formula is C28H39N3O2S. The predicted octanol–water partition coefficient (Wildman–Crippen LogP) is 4.32. The van der Waals surface area contributed by atoms with Crippen molar-refractivity contribution >= 4 is 28.4 Å². The van der Waals surface area contributed by atoms with Gasteiger partial charge in [0.05, 0.1) is 12.1 Å². The third-order valence-corrected chi connectivity index (χ3v) is 8.51. The van der Waals surface area contributed by atoms with Gasteiger partial charge in [0.2, 0.25) is 5.91 Å². The van der Waals surface area contributed by atoms with Gasteiger partial charge in [-0.2, -0.15) is 0 Å². The maximum atomic E-state index is 12.5. The van der Waals surface area contributed by atoms with Gasteiger partial charge >= 0.3 is 0 Å². The van der Waals surface area contributed by atoms with Crippen LogP contribution in [-0.2, 0) is 4.79 Å². The molecular weight excluding hydrogens is 442 g/mol. The topological polar surface area (TPSA) is 92.6 Å². The molecule has 5 N–H and O–H groups in total. The molecule has 1 aliphatic heterocycles. The highest BCUT2D eigenvalue weighted by atomic mass is 32.2. The number of carbonyl (C=O) groups is 1. The third-order valence-electron chi connectivity index (χ3n) is 7.37. The van der Waals surface area contributed by atoms with E-state index in [0.29, 0.717) is 18.2 Å². The van der Waals surface area contributed by atoms with Crippen LogP contribution in [-0.4, -0.2) is 52.4 Å². The first-order valence-electron chi connectivity index (χ1n) is 12.5. The Kier molecular flexibility index (Phi) is 7.72. The second-order valence-corrected chi connectivity index (χ2v) is 12.1. The van der Waals surface area contributed by atoms with Crippen LogP contribution in [0.25, 0.3) is 10.8 Å². The zero-order valence-corrected chi connectivity index (χ0v) is 21.4. The number of thioether (sulfide) groups is 1. The van der Waals surface area contributed by atoms with E-state index in [4.69, 9.17) is 11.5 Å². The van der Waals surface area contributed by atoms with Crippen molar-refractivity contribution in [1.29, 1.82) is 0 Å². The molecule has 1 fully saturated rings. The van der Waals surface area contributed by atoms with Crippen LogP contribution < -0.4 is 11.5 Å². The molecule has 0 spiro atoms. The van der Waals surface area contributed by atoms with Crippen LogP contribution in [0.15, 0.2) is 59.0 Å². The number of hydrogen-bond acceptors (Lipinski definition) is 5. The van der Waals surface area contributed by atoms with Crippen LogP contribution in [0.2, 0.25) is 0 Å². The van der Waals surface area contributed by atoms with Gasteiger partial charge in [-0.05, 0) is 59.9 Å². The molecule has 5 nitrogen and oxygen atoms in total. The fraction of sp³-hybridized carbons (Fsp3) is 0.536. The van der Waals surface area contributed by atoms with Crippen LogP contribution in [0.4, 0.5) is 0 Å². The SMILES string of the molecule is CC(C)(C)C1C2=CCCCC2CC(C(N)=O)N1CC(O)C(N)CSc1ccc2ccccc2c1. The maximum Gasteiger partial charge on any atom is 0.234 e. The molecule has 0 radical (unpaired) electrons. The van der Waals surface area contributed by atoms with Crippen molar-refractivity contribution in [2.24, 2.45) is 22.8 Å². The minimum atomic E-state index is -0.750. The minimum Gasteiger partial charge on any atom is -0.390 e. The molecule has 5 atom stereocenters. The van der Waals surface area contributed by atoms with E-state index in [1.807, 2.05) is 12.1 Å². The second kappa shape index (κ2) is 10.4. The van der Waals surface area contributed by atoms with E-state index in [9.17, 15) is 9.90 Å². The summed E-state index contributed by atoms with van der Waals surface area (Å²) in [5.41, 5.74) is 13.7. The average Bonchev–Trinajstić information content (AvgIpc) is 2.80. The zero-order chi connectivity index (χ0) is 24.5. The summed E-state index contributed by atoms with van der Waals surface area (Å²) in [5.74, 6) is 0.700. The Balaban J connectivity index is 1.48. The summed E-state index contributed by atoms with van der Waals surface area (Å²) in [7, 11) is 0. The molecule has 34 heavy (non-hydrogen) atoms. The average molecular weight is 482 g/mol. The summed E-state index contributed by atoms with van der Waals surface area (Å²) >= 11 is 1.66. The highest BCUT2D eigenvalue weighted by Gasteiger charge is 2.47. The molecule has 1 saturated heterocycles. The summed E-state index contributed by atoms with van der Waals surface area (Å²) in [5, 5.41) is 13.6. The lowest BCUT2D eigenvalue weighted by Crippen LogP contribution is -2.62. The first-order valence-corrected chi connectivity index (χ1v) is 13.4. The first-order chi connectivity index (χ1) is 16.1. The number of aliphatic hydroxyl groups is 1. The fourth-order valence-corrected chi connectivity index (χ4v) is 6.73. The Labute approximate surface area is 207 Å². The summed E-state index contributed by atoms with van der Waals surface area (Å²) in [4.78, 5) is 15.8.